The lowest BCUT2D eigenvalue weighted by atomic mass is 9.85. The van der Waals surface area contributed by atoms with Crippen LogP contribution >= 0.6 is 0 Å². The lowest BCUT2D eigenvalue weighted by Crippen LogP contribution is -2.67. The van der Waals surface area contributed by atoms with E-state index in [0.717, 1.165) is 10.4 Å². The van der Waals surface area contributed by atoms with Crippen LogP contribution in [0.25, 0.3) is 0 Å². The molecule has 2 fully saturated rings. The molecule has 1 N–H and O–H groups in total. The summed E-state index contributed by atoms with van der Waals surface area (Å²) in [6.07, 6.45) is -3.37. The molecule has 50 heavy (non-hydrogen) atoms. The maximum Gasteiger partial charge on any atom is 0.337 e. The molecule has 0 bridgehead atoms. The van der Waals surface area contributed by atoms with Gasteiger partial charge < -0.3 is 38.2 Å². The molecule has 0 aromatic heterocycles. The molecule has 3 aliphatic heterocycles. The number of nitrogens with one attached hydrogen (secondary N) is 1. The summed E-state index contributed by atoms with van der Waals surface area (Å²) in [6, 6.07) is 20.5. The Labute approximate surface area is 295 Å². The minimum Gasteiger partial charge on any atom is -0.463 e. The van der Waals surface area contributed by atoms with Crippen molar-refractivity contribution < 1.29 is 47.2 Å². The summed E-state index contributed by atoms with van der Waals surface area (Å²) >= 11 is 0. The summed E-state index contributed by atoms with van der Waals surface area (Å²) in [5.74, 6) is -4.83. The molecule has 5 rings (SSSR count). The molecule has 3 aliphatic rings. The second-order valence-corrected chi connectivity index (χ2v) is 18.4. The normalized spacial score (nSPS) is 23.7. The number of benzene rings is 2. The Kier molecular flexibility index (Phi) is 11.1. The van der Waals surface area contributed by atoms with Crippen LogP contribution in [0.3, 0.4) is 0 Å². The third-order valence-corrected chi connectivity index (χ3v) is 14.2. The van der Waals surface area contributed by atoms with Crippen molar-refractivity contribution in [2.24, 2.45) is 5.92 Å². The van der Waals surface area contributed by atoms with Crippen LogP contribution < -0.4 is 15.7 Å². The first-order valence-electron chi connectivity index (χ1n) is 17.1. The molecule has 0 amide bonds. The quantitative estimate of drug-likeness (QED) is 0.205. The molecule has 0 radical (unpaired) electrons. The molecule has 0 saturated carbocycles. The van der Waals surface area contributed by atoms with E-state index in [1.165, 1.54) is 0 Å². The predicted molar refractivity (Wildman–Crippen MR) is 187 cm³/mol. The molecule has 3 heterocycles. The van der Waals surface area contributed by atoms with E-state index in [1.807, 2.05) is 36.4 Å². The number of hydrogen-bond donors (Lipinski definition) is 1. The number of dihydropyridines is 1. The summed E-state index contributed by atoms with van der Waals surface area (Å²) in [4.78, 5) is 40.7. The summed E-state index contributed by atoms with van der Waals surface area (Å²) in [7, 11) is -2.96. The largest absolute Gasteiger partial charge is 0.463 e. The second kappa shape index (κ2) is 14.8. The van der Waals surface area contributed by atoms with Crippen molar-refractivity contribution in [2.45, 2.75) is 97.7 Å². The fourth-order valence-electron chi connectivity index (χ4n) is 7.21. The number of hydrogen-bond acceptors (Lipinski definition) is 11. The predicted octanol–water partition coefficient (Wildman–Crippen LogP) is 4.24. The van der Waals surface area contributed by atoms with Gasteiger partial charge in [0.1, 0.15) is 18.1 Å². The minimum absolute atomic E-state index is 0.0458. The van der Waals surface area contributed by atoms with Gasteiger partial charge in [-0.25, -0.2) is 9.59 Å². The van der Waals surface area contributed by atoms with Gasteiger partial charge in [0.15, 0.2) is 11.9 Å². The number of allylic oxidation sites excluding steroid dienone is 2. The zero-order valence-corrected chi connectivity index (χ0v) is 31.4. The molecule has 1 unspecified atom stereocenters. The van der Waals surface area contributed by atoms with Gasteiger partial charge in [-0.3, -0.25) is 4.79 Å². The van der Waals surface area contributed by atoms with Crippen LogP contribution in [-0.2, 0) is 47.2 Å². The first-order chi connectivity index (χ1) is 23.6. The highest BCUT2D eigenvalue weighted by Gasteiger charge is 2.59. The highest BCUT2D eigenvalue weighted by atomic mass is 28.4. The van der Waals surface area contributed by atoms with Gasteiger partial charge in [-0.2, -0.15) is 0 Å². The van der Waals surface area contributed by atoms with Gasteiger partial charge >= 0.3 is 17.9 Å². The van der Waals surface area contributed by atoms with Crippen molar-refractivity contribution in [3.05, 3.63) is 83.2 Å². The van der Waals surface area contributed by atoms with Crippen LogP contribution in [0.1, 0.15) is 62.3 Å². The highest BCUT2D eigenvalue weighted by molar-refractivity contribution is 6.99. The molecular weight excluding hydrogens is 659 g/mol. The van der Waals surface area contributed by atoms with Crippen LogP contribution in [0.5, 0.6) is 0 Å². The zero-order chi connectivity index (χ0) is 36.4. The Hall–Kier alpha value is -3.81. The Morgan fingerprint density at radius 1 is 0.800 bits per heavy atom. The smallest absolute Gasteiger partial charge is 0.337 e. The molecule has 0 spiro atoms. The van der Waals surface area contributed by atoms with E-state index in [4.69, 9.17) is 32.8 Å². The average molecular weight is 708 g/mol. The summed E-state index contributed by atoms with van der Waals surface area (Å²) in [6.45, 7) is 17.0. The van der Waals surface area contributed by atoms with Crippen molar-refractivity contribution in [3.63, 3.8) is 0 Å². The monoisotopic (exact) mass is 707 g/mol. The van der Waals surface area contributed by atoms with Crippen molar-refractivity contribution in [3.8, 4) is 0 Å². The van der Waals surface area contributed by atoms with Crippen LogP contribution in [-0.4, -0.2) is 76.4 Å². The molecule has 0 aliphatic carbocycles. The van der Waals surface area contributed by atoms with Crippen molar-refractivity contribution >= 4 is 36.6 Å². The number of carbonyl (C=O) groups excluding carboxylic acids is 3. The first-order valence-corrected chi connectivity index (χ1v) is 19.0. The topological polar surface area (TPSA) is 128 Å². The Balaban J connectivity index is 1.48. The van der Waals surface area contributed by atoms with Crippen LogP contribution in [0.4, 0.5) is 0 Å². The van der Waals surface area contributed by atoms with E-state index in [1.54, 1.807) is 41.5 Å². The first kappa shape index (κ1) is 37.4. The average Bonchev–Trinajstić information content (AvgIpc) is 3.54. The zero-order valence-electron chi connectivity index (χ0n) is 30.4. The fraction of sp³-hybridized carbons (Fsp3) is 0.500. The van der Waals surface area contributed by atoms with E-state index in [-0.39, 0.29) is 36.0 Å². The molecule has 2 aromatic carbocycles. The number of ether oxygens (including phenoxy) is 6. The lowest BCUT2D eigenvalue weighted by Gasteiger charge is -2.43. The van der Waals surface area contributed by atoms with Crippen molar-refractivity contribution in [2.75, 3.05) is 19.8 Å². The third kappa shape index (κ3) is 7.17. The minimum atomic E-state index is -2.96. The summed E-state index contributed by atoms with van der Waals surface area (Å²) in [5, 5.41) is 4.94. The van der Waals surface area contributed by atoms with Crippen LogP contribution in [0.15, 0.2) is 83.2 Å². The fourth-order valence-corrected chi connectivity index (χ4v) is 11.8. The van der Waals surface area contributed by atoms with Crippen LogP contribution in [0.2, 0.25) is 5.04 Å². The number of carbonyl (C=O) groups is 3. The summed E-state index contributed by atoms with van der Waals surface area (Å²) in [5.41, 5.74) is 0.629. The molecule has 2 saturated heterocycles. The Bertz CT molecular complexity index is 1550. The molecule has 4 atom stereocenters. The number of esters is 3. The number of fused-ring (bicyclic) bond motifs is 1. The maximum atomic E-state index is 14.2. The molecule has 270 valence electrons. The number of rotatable bonds is 11. The Morgan fingerprint density at radius 2 is 1.28 bits per heavy atom. The second-order valence-electron chi connectivity index (χ2n) is 14.1. The van der Waals surface area contributed by atoms with Gasteiger partial charge in [0.25, 0.3) is 8.32 Å². The third-order valence-electron chi connectivity index (χ3n) is 9.21. The van der Waals surface area contributed by atoms with E-state index >= 15 is 0 Å². The lowest BCUT2D eigenvalue weighted by molar-refractivity contribution is -0.235. The van der Waals surface area contributed by atoms with Gasteiger partial charge in [-0.15, -0.1) is 0 Å². The summed E-state index contributed by atoms with van der Waals surface area (Å²) < 4.78 is 42.8. The van der Waals surface area contributed by atoms with Gasteiger partial charge in [-0.05, 0) is 57.0 Å². The van der Waals surface area contributed by atoms with Gasteiger partial charge in [-0.1, -0.05) is 81.4 Å². The molecule has 11 nitrogen and oxygen atoms in total. The van der Waals surface area contributed by atoms with Gasteiger partial charge in [0.2, 0.25) is 6.29 Å². The SMILES string of the molecule is CCOC(=O)C1=C(C)NC(C)=C(C(=O)OCC)C1C(=O)OC1O[C@H](CO[Si](c2ccccc2)(c2ccccc2)C(C)(C)C)[C@H]2OC(C)(C)O[C@@H]12. The van der Waals surface area contributed by atoms with E-state index in [2.05, 4.69) is 50.4 Å². The molecule has 2 aromatic rings. The Morgan fingerprint density at radius 3 is 1.74 bits per heavy atom. The van der Waals surface area contributed by atoms with E-state index < -0.39 is 62.5 Å². The van der Waals surface area contributed by atoms with E-state index in [0.29, 0.717) is 11.4 Å². The van der Waals surface area contributed by atoms with Gasteiger partial charge in [0.05, 0.1) is 31.0 Å². The standard InChI is InChI=1S/C38H49NO10Si/c1-10-43-33(40)28-23(3)39-24(4)29(34(41)44-11-2)30(28)35(42)47-36-32-31(48-38(8,9)49-32)27(46-36)22-45-50(37(5,6)7,25-18-14-12-15-19-25)26-20-16-13-17-21-26/h12-21,27,30-32,36,39H,10-11,22H2,1-9H3/t27-,31-,32-,36?/m1/s1. The van der Waals surface area contributed by atoms with Gasteiger partial charge in [0, 0.05) is 11.4 Å². The maximum absolute atomic E-state index is 14.2. The van der Waals surface area contributed by atoms with E-state index in [9.17, 15) is 14.4 Å². The van der Waals surface area contributed by atoms with Crippen molar-refractivity contribution in [1.29, 1.82) is 0 Å². The molecular formula is C38H49NO10Si. The highest BCUT2D eigenvalue weighted by Crippen LogP contribution is 2.42. The van der Waals surface area contributed by atoms with Crippen molar-refractivity contribution in [1.82, 2.24) is 5.32 Å². The molecule has 12 heteroatoms. The van der Waals surface area contributed by atoms with Crippen LogP contribution in [0, 0.1) is 5.92 Å².